The number of ketones is 1. The molecule has 2 aliphatic carbocycles. The fourth-order valence-electron chi connectivity index (χ4n) is 7.20. The molecule has 3 aromatic rings. The number of benzene rings is 3. The monoisotopic (exact) mass is 515 g/mol. The average Bonchev–Trinajstić information content (AvgIpc) is 3.39. The third-order valence-electron chi connectivity index (χ3n) is 8.67. The summed E-state index contributed by atoms with van der Waals surface area (Å²) in [6.45, 7) is 3.56. The molecule has 38 heavy (non-hydrogen) atoms. The fraction of sp³-hybridized carbons (Fsp3) is 0.258. The lowest BCUT2D eigenvalue weighted by Crippen LogP contribution is -2.41. The van der Waals surface area contributed by atoms with E-state index < -0.39 is 46.2 Å². The Morgan fingerprint density at radius 3 is 1.87 bits per heavy atom. The highest BCUT2D eigenvalue weighted by atomic mass is 19.4. The molecular formula is C31H24F3NO3. The number of hydrogen-bond donors (Lipinski definition) is 0. The van der Waals surface area contributed by atoms with Crippen molar-refractivity contribution in [1.82, 2.24) is 0 Å². The molecule has 0 N–H and O–H groups in total. The normalized spacial score (nSPS) is 28.4. The lowest BCUT2D eigenvalue weighted by atomic mass is 9.62. The molecule has 2 bridgehead atoms. The molecule has 4 nitrogen and oxygen atoms in total. The summed E-state index contributed by atoms with van der Waals surface area (Å²) in [5.41, 5.74) is -0.664. The second-order valence-corrected chi connectivity index (χ2v) is 10.4. The van der Waals surface area contributed by atoms with Crippen LogP contribution in [0.4, 0.5) is 18.9 Å². The van der Waals surface area contributed by atoms with Crippen LogP contribution in [-0.4, -0.2) is 17.6 Å². The quantitative estimate of drug-likeness (QED) is 0.377. The van der Waals surface area contributed by atoms with Gasteiger partial charge in [0.05, 0.1) is 33.9 Å². The van der Waals surface area contributed by atoms with Crippen LogP contribution < -0.4 is 4.90 Å². The maximum Gasteiger partial charge on any atom is 0.416 e. The van der Waals surface area contributed by atoms with E-state index in [2.05, 4.69) is 0 Å². The molecular weight excluding hydrogens is 491 g/mol. The smallest absolute Gasteiger partial charge is 0.298 e. The first kappa shape index (κ1) is 24.3. The number of carbonyl (C=O) groups is 3. The molecule has 1 heterocycles. The zero-order valence-corrected chi connectivity index (χ0v) is 20.8. The molecule has 4 atom stereocenters. The largest absolute Gasteiger partial charge is 0.416 e. The van der Waals surface area contributed by atoms with Crippen molar-refractivity contribution >= 4 is 34.4 Å². The molecule has 7 heteroatoms. The van der Waals surface area contributed by atoms with Gasteiger partial charge >= 0.3 is 6.18 Å². The number of Topliss-reactive ketones (excluding diaryl/α,β-unsaturated/α-hetero) is 1. The number of anilines is 1. The van der Waals surface area contributed by atoms with Gasteiger partial charge in [-0.25, -0.2) is 4.90 Å². The summed E-state index contributed by atoms with van der Waals surface area (Å²) in [5, 5.41) is 0. The van der Waals surface area contributed by atoms with Gasteiger partial charge in [0.1, 0.15) is 0 Å². The molecule has 192 valence electrons. The minimum absolute atomic E-state index is 0.131. The second-order valence-electron chi connectivity index (χ2n) is 10.4. The highest BCUT2D eigenvalue weighted by molar-refractivity contribution is 6.34. The van der Waals surface area contributed by atoms with Crippen molar-refractivity contribution in [2.45, 2.75) is 26.4 Å². The zero-order valence-electron chi connectivity index (χ0n) is 20.8. The van der Waals surface area contributed by atoms with E-state index in [1.807, 2.05) is 67.6 Å². The highest BCUT2D eigenvalue weighted by Crippen LogP contribution is 2.74. The van der Waals surface area contributed by atoms with Gasteiger partial charge in [-0.3, -0.25) is 14.4 Å². The minimum atomic E-state index is -4.63. The van der Waals surface area contributed by atoms with Gasteiger partial charge in [-0.05, 0) is 53.8 Å². The van der Waals surface area contributed by atoms with E-state index >= 15 is 0 Å². The molecule has 3 aromatic carbocycles. The third-order valence-corrected chi connectivity index (χ3v) is 8.67. The Labute approximate surface area is 217 Å². The van der Waals surface area contributed by atoms with Gasteiger partial charge in [0.15, 0.2) is 5.78 Å². The van der Waals surface area contributed by atoms with Crippen molar-refractivity contribution in [3.05, 3.63) is 102 Å². The van der Waals surface area contributed by atoms with Crippen LogP contribution >= 0.6 is 0 Å². The molecule has 6 rings (SSSR count). The maximum absolute atomic E-state index is 14.4. The zero-order chi connectivity index (χ0) is 27.0. The summed E-state index contributed by atoms with van der Waals surface area (Å²) in [4.78, 5) is 43.4. The van der Waals surface area contributed by atoms with E-state index in [4.69, 9.17) is 0 Å². The van der Waals surface area contributed by atoms with Crippen molar-refractivity contribution in [3.8, 4) is 0 Å². The molecule has 3 aliphatic rings. The highest BCUT2D eigenvalue weighted by Gasteiger charge is 2.79. The molecule has 1 saturated heterocycles. The Hall–Kier alpha value is -4.00. The van der Waals surface area contributed by atoms with Crippen LogP contribution in [0.15, 0.2) is 84.9 Å². The number of carbonyl (C=O) groups excluding carboxylic acids is 3. The first-order valence-electron chi connectivity index (χ1n) is 12.5. The van der Waals surface area contributed by atoms with Gasteiger partial charge in [0.2, 0.25) is 11.8 Å². The standard InChI is InChI=1S/C31H24F3NO3/c1-3-30-23(19-13-8-5-9-14-19)22(18-11-6-4-7-12-18)29(2,28(30)38)24-25(30)27(37)35(26(24)36)21-16-10-15-20(17-21)31(32,33)34/h4-17,24-25H,3H2,1-2H3. The lowest BCUT2D eigenvalue weighted by molar-refractivity contribution is -0.137. The van der Waals surface area contributed by atoms with Crippen LogP contribution in [0.3, 0.4) is 0 Å². The van der Waals surface area contributed by atoms with Crippen LogP contribution in [0, 0.1) is 22.7 Å². The van der Waals surface area contributed by atoms with Crippen molar-refractivity contribution < 1.29 is 27.6 Å². The summed E-state index contributed by atoms with van der Waals surface area (Å²) < 4.78 is 40.4. The van der Waals surface area contributed by atoms with Crippen LogP contribution in [0.2, 0.25) is 0 Å². The molecule has 2 fully saturated rings. The first-order chi connectivity index (χ1) is 18.1. The number of halogens is 3. The number of allylic oxidation sites excluding steroid dienone is 2. The number of rotatable bonds is 4. The molecule has 4 unspecified atom stereocenters. The number of imide groups is 1. The summed E-state index contributed by atoms with van der Waals surface area (Å²) in [6, 6.07) is 23.0. The Kier molecular flexibility index (Phi) is 5.12. The van der Waals surface area contributed by atoms with Crippen LogP contribution in [0.25, 0.3) is 11.1 Å². The van der Waals surface area contributed by atoms with E-state index in [0.717, 1.165) is 33.7 Å². The lowest BCUT2D eigenvalue weighted by Gasteiger charge is -2.37. The van der Waals surface area contributed by atoms with Gasteiger partial charge in [-0.15, -0.1) is 0 Å². The number of hydrogen-bond acceptors (Lipinski definition) is 3. The van der Waals surface area contributed by atoms with E-state index in [1.54, 1.807) is 6.92 Å². The predicted molar refractivity (Wildman–Crippen MR) is 136 cm³/mol. The summed E-state index contributed by atoms with van der Waals surface area (Å²) >= 11 is 0. The second kappa shape index (κ2) is 8.00. The number of amides is 2. The molecule has 0 spiro atoms. The van der Waals surface area contributed by atoms with Gasteiger partial charge in [0.25, 0.3) is 0 Å². The Bertz CT molecular complexity index is 1530. The molecule has 0 radical (unpaired) electrons. The molecule has 1 saturated carbocycles. The van der Waals surface area contributed by atoms with E-state index in [1.165, 1.54) is 12.1 Å². The summed E-state index contributed by atoms with van der Waals surface area (Å²) in [5.74, 6) is -3.45. The van der Waals surface area contributed by atoms with E-state index in [9.17, 15) is 27.6 Å². The van der Waals surface area contributed by atoms with Gasteiger partial charge in [-0.1, -0.05) is 73.7 Å². The molecule has 1 aliphatic heterocycles. The number of fused-ring (bicyclic) bond motifs is 5. The topological polar surface area (TPSA) is 54.5 Å². The minimum Gasteiger partial charge on any atom is -0.298 e. The van der Waals surface area contributed by atoms with Gasteiger partial charge < -0.3 is 0 Å². The average molecular weight is 516 g/mol. The predicted octanol–water partition coefficient (Wildman–Crippen LogP) is 6.42. The number of nitrogens with zero attached hydrogens (tertiary/aromatic N) is 1. The van der Waals surface area contributed by atoms with E-state index in [-0.39, 0.29) is 17.9 Å². The van der Waals surface area contributed by atoms with Gasteiger partial charge in [0, 0.05) is 0 Å². The van der Waals surface area contributed by atoms with Crippen molar-refractivity contribution in [2.75, 3.05) is 4.90 Å². The maximum atomic E-state index is 14.4. The summed E-state index contributed by atoms with van der Waals surface area (Å²) in [7, 11) is 0. The van der Waals surface area contributed by atoms with Crippen LogP contribution in [0.5, 0.6) is 0 Å². The first-order valence-corrected chi connectivity index (χ1v) is 12.5. The fourth-order valence-corrected chi connectivity index (χ4v) is 7.20. The Morgan fingerprint density at radius 1 is 0.763 bits per heavy atom. The molecule has 2 amide bonds. The third kappa shape index (κ3) is 2.90. The Balaban J connectivity index is 1.60. The Morgan fingerprint density at radius 2 is 1.32 bits per heavy atom. The van der Waals surface area contributed by atoms with E-state index in [0.29, 0.717) is 5.57 Å². The SMILES string of the molecule is CCC12C(=O)C(C)(C(c3ccccc3)=C1c1ccccc1)C1C(=O)N(c3cccc(C(F)(F)F)c3)C(=O)C12. The number of alkyl halides is 3. The van der Waals surface area contributed by atoms with Crippen molar-refractivity contribution in [3.63, 3.8) is 0 Å². The van der Waals surface area contributed by atoms with Crippen molar-refractivity contribution in [2.24, 2.45) is 22.7 Å². The van der Waals surface area contributed by atoms with Crippen LogP contribution in [0.1, 0.15) is 37.0 Å². The molecule has 0 aromatic heterocycles. The van der Waals surface area contributed by atoms with Crippen LogP contribution in [-0.2, 0) is 20.6 Å². The summed E-state index contributed by atoms with van der Waals surface area (Å²) in [6.07, 6.45) is -4.36. The van der Waals surface area contributed by atoms with Crippen molar-refractivity contribution in [1.29, 1.82) is 0 Å². The van der Waals surface area contributed by atoms with Gasteiger partial charge in [-0.2, -0.15) is 13.2 Å².